The first-order valence-corrected chi connectivity index (χ1v) is 14.5. The third kappa shape index (κ3) is 5.89. The van der Waals surface area contributed by atoms with Crippen molar-refractivity contribution in [3.05, 3.63) is 99.3 Å². The van der Waals surface area contributed by atoms with E-state index in [9.17, 15) is 4.79 Å². The number of hydrogen-bond acceptors (Lipinski definition) is 4. The molecule has 1 saturated heterocycles. The van der Waals surface area contributed by atoms with Crippen molar-refractivity contribution in [3.63, 3.8) is 0 Å². The second kappa shape index (κ2) is 11.7. The average molecular weight is 533 g/mol. The van der Waals surface area contributed by atoms with Crippen LogP contribution in [0.15, 0.2) is 66.4 Å². The van der Waals surface area contributed by atoms with Crippen molar-refractivity contribution in [1.29, 1.82) is 0 Å². The van der Waals surface area contributed by atoms with E-state index in [1.807, 2.05) is 42.2 Å². The fourth-order valence-corrected chi connectivity index (χ4v) is 6.58. The highest BCUT2D eigenvalue weighted by molar-refractivity contribution is 7.98. The number of amides is 1. The summed E-state index contributed by atoms with van der Waals surface area (Å²) >= 11 is 8.17. The van der Waals surface area contributed by atoms with Crippen molar-refractivity contribution in [1.82, 2.24) is 9.88 Å². The lowest BCUT2D eigenvalue weighted by Gasteiger charge is -2.32. The van der Waals surface area contributed by atoms with Crippen LogP contribution in [0.1, 0.15) is 47.7 Å². The number of methoxy groups -OCH3 is 1. The normalized spacial score (nSPS) is 16.0. The molecule has 0 saturated carbocycles. The van der Waals surface area contributed by atoms with Crippen molar-refractivity contribution in [3.8, 4) is 5.75 Å². The molecule has 0 N–H and O–H groups in total. The van der Waals surface area contributed by atoms with E-state index in [-0.39, 0.29) is 11.8 Å². The first-order chi connectivity index (χ1) is 18.0. The minimum atomic E-state index is 0.000549. The Kier molecular flexibility index (Phi) is 8.21. The summed E-state index contributed by atoms with van der Waals surface area (Å²) in [6, 6.07) is 18.6. The lowest BCUT2D eigenvalue weighted by atomic mass is 9.88. The van der Waals surface area contributed by atoms with Crippen LogP contribution in [0.3, 0.4) is 0 Å². The molecular weight excluding hydrogens is 500 g/mol. The fourth-order valence-electron chi connectivity index (χ4n) is 5.34. The summed E-state index contributed by atoms with van der Waals surface area (Å²) in [5.41, 5.74) is 8.83. The van der Waals surface area contributed by atoms with E-state index in [1.54, 1.807) is 7.11 Å². The van der Waals surface area contributed by atoms with Crippen LogP contribution < -0.4 is 4.74 Å². The number of pyridine rings is 1. The Hall–Kier alpha value is -2.76. The van der Waals surface area contributed by atoms with Gasteiger partial charge in [-0.25, -0.2) is 0 Å². The average Bonchev–Trinajstić information content (AvgIpc) is 3.09. The van der Waals surface area contributed by atoms with Crippen molar-refractivity contribution in [2.45, 2.75) is 38.4 Å². The molecule has 192 valence electrons. The molecule has 0 bridgehead atoms. The van der Waals surface area contributed by atoms with Gasteiger partial charge in [-0.15, -0.1) is 0 Å². The van der Waals surface area contributed by atoms with Gasteiger partial charge in [0.1, 0.15) is 5.75 Å². The number of benzene rings is 2. The summed E-state index contributed by atoms with van der Waals surface area (Å²) in [4.78, 5) is 20.1. The number of thioether (sulfide) groups is 1. The molecule has 1 aliphatic carbocycles. The summed E-state index contributed by atoms with van der Waals surface area (Å²) in [6.45, 7) is 3.58. The van der Waals surface area contributed by atoms with Gasteiger partial charge in [0.25, 0.3) is 0 Å². The van der Waals surface area contributed by atoms with Crippen LogP contribution in [0.5, 0.6) is 5.75 Å². The molecule has 2 aromatic carbocycles. The van der Waals surface area contributed by atoms with E-state index in [0.29, 0.717) is 0 Å². The molecule has 1 fully saturated rings. The Balaban J connectivity index is 1.26. The van der Waals surface area contributed by atoms with Crippen LogP contribution in [0.2, 0.25) is 5.02 Å². The van der Waals surface area contributed by atoms with E-state index in [2.05, 4.69) is 42.2 Å². The standard InChI is InChI=1S/C31H33ClN2O2S/c1-21(19-37-20-22-5-10-27(36-2)11-6-22)31(35)34-16-13-23(14-17-34)29-28-12-9-26(32)18-25(28)8-7-24-4-3-15-33-30(24)29/h3-6,9-12,15,18,21H,7-8,13-14,16-17,19-20H2,1-2H3/t21-/m0/s1. The number of aryl methyl sites for hydroxylation is 2. The molecule has 2 heterocycles. The number of piperidine rings is 1. The van der Waals surface area contributed by atoms with Crippen molar-refractivity contribution in [2.24, 2.45) is 5.92 Å². The summed E-state index contributed by atoms with van der Waals surface area (Å²) < 4.78 is 5.23. The molecule has 1 atom stereocenters. The monoisotopic (exact) mass is 532 g/mol. The number of carbonyl (C=O) groups excluding carboxylic acids is 1. The van der Waals surface area contributed by atoms with Crippen molar-refractivity contribution in [2.75, 3.05) is 26.0 Å². The van der Waals surface area contributed by atoms with Gasteiger partial charge in [0.05, 0.1) is 12.8 Å². The van der Waals surface area contributed by atoms with Gasteiger partial charge in [0.2, 0.25) is 5.91 Å². The highest BCUT2D eigenvalue weighted by Crippen LogP contribution is 2.38. The van der Waals surface area contributed by atoms with Gasteiger partial charge in [0.15, 0.2) is 0 Å². The van der Waals surface area contributed by atoms with Crippen molar-refractivity contribution >= 4 is 34.8 Å². The number of rotatable bonds is 6. The second-order valence-corrected chi connectivity index (χ2v) is 11.3. The SMILES string of the molecule is COc1ccc(CSC[C@H](C)C(=O)N2CCC(=C3c4ccc(Cl)cc4CCc4cccnc43)CC2)cc1. The minimum Gasteiger partial charge on any atom is -0.497 e. The lowest BCUT2D eigenvalue weighted by Crippen LogP contribution is -2.40. The zero-order valence-electron chi connectivity index (χ0n) is 21.5. The van der Waals surface area contributed by atoms with Crippen LogP contribution in [-0.4, -0.2) is 41.7 Å². The van der Waals surface area contributed by atoms with Crippen LogP contribution in [0.4, 0.5) is 0 Å². The molecule has 4 nitrogen and oxygen atoms in total. The molecule has 37 heavy (non-hydrogen) atoms. The number of fused-ring (bicyclic) bond motifs is 2. The Morgan fingerprint density at radius 2 is 1.81 bits per heavy atom. The van der Waals surface area contributed by atoms with Crippen molar-refractivity contribution < 1.29 is 9.53 Å². The van der Waals surface area contributed by atoms with Crippen LogP contribution in [0.25, 0.3) is 5.57 Å². The molecule has 1 amide bonds. The molecule has 5 rings (SSSR count). The fraction of sp³-hybridized carbons (Fsp3) is 0.355. The molecule has 0 unspecified atom stereocenters. The van der Waals surface area contributed by atoms with E-state index < -0.39 is 0 Å². The van der Waals surface area contributed by atoms with Gasteiger partial charge in [-0.3, -0.25) is 9.78 Å². The van der Waals surface area contributed by atoms with Crippen LogP contribution in [0, 0.1) is 5.92 Å². The molecule has 1 aromatic heterocycles. The van der Waals surface area contributed by atoms with Crippen LogP contribution >= 0.6 is 23.4 Å². The number of likely N-dealkylation sites (tertiary alicyclic amines) is 1. The van der Waals surface area contributed by atoms with Gasteiger partial charge in [-0.1, -0.05) is 48.4 Å². The maximum absolute atomic E-state index is 13.2. The first kappa shape index (κ1) is 25.9. The largest absolute Gasteiger partial charge is 0.497 e. The molecule has 0 spiro atoms. The molecule has 2 aliphatic rings. The van der Waals surface area contributed by atoms with Gasteiger partial charge in [0, 0.05) is 47.3 Å². The number of carbonyl (C=O) groups is 1. The van der Waals surface area contributed by atoms with E-state index in [4.69, 9.17) is 21.3 Å². The predicted molar refractivity (Wildman–Crippen MR) is 153 cm³/mol. The summed E-state index contributed by atoms with van der Waals surface area (Å²) in [5, 5.41) is 0.779. The highest BCUT2D eigenvalue weighted by Gasteiger charge is 2.28. The quantitative estimate of drug-likeness (QED) is 0.348. The van der Waals surface area contributed by atoms with Gasteiger partial charge in [-0.05, 0) is 78.3 Å². The number of nitrogens with zero attached hydrogens (tertiary/aromatic N) is 2. The molecule has 0 radical (unpaired) electrons. The number of halogens is 1. The Morgan fingerprint density at radius 3 is 2.57 bits per heavy atom. The van der Waals surface area contributed by atoms with E-state index in [0.717, 1.165) is 66.7 Å². The summed E-state index contributed by atoms with van der Waals surface area (Å²) in [7, 11) is 1.68. The van der Waals surface area contributed by atoms with Gasteiger partial charge < -0.3 is 9.64 Å². The highest BCUT2D eigenvalue weighted by atomic mass is 35.5. The molecule has 1 aliphatic heterocycles. The smallest absolute Gasteiger partial charge is 0.226 e. The maximum Gasteiger partial charge on any atom is 0.226 e. The Morgan fingerprint density at radius 1 is 1.05 bits per heavy atom. The number of hydrogen-bond donors (Lipinski definition) is 0. The third-order valence-electron chi connectivity index (χ3n) is 7.38. The second-order valence-electron chi connectivity index (χ2n) is 9.88. The molecule has 6 heteroatoms. The number of ether oxygens (including phenoxy) is 1. The topological polar surface area (TPSA) is 42.4 Å². The van der Waals surface area contributed by atoms with E-state index >= 15 is 0 Å². The third-order valence-corrected chi connectivity index (χ3v) is 8.89. The first-order valence-electron chi connectivity index (χ1n) is 13.0. The maximum atomic E-state index is 13.2. The predicted octanol–water partition coefficient (Wildman–Crippen LogP) is 6.84. The summed E-state index contributed by atoms with van der Waals surface area (Å²) in [5.74, 6) is 2.85. The number of aromatic nitrogens is 1. The van der Waals surface area contributed by atoms with Gasteiger partial charge >= 0.3 is 0 Å². The zero-order valence-corrected chi connectivity index (χ0v) is 23.1. The lowest BCUT2D eigenvalue weighted by molar-refractivity contribution is -0.134. The van der Waals surface area contributed by atoms with E-state index in [1.165, 1.54) is 33.4 Å². The molecule has 3 aromatic rings. The zero-order chi connectivity index (χ0) is 25.8. The Labute approximate surface area is 229 Å². The van der Waals surface area contributed by atoms with Gasteiger partial charge in [-0.2, -0.15) is 11.8 Å². The summed E-state index contributed by atoms with van der Waals surface area (Å²) in [6.07, 6.45) is 5.57. The minimum absolute atomic E-state index is 0.000549. The van der Waals surface area contributed by atoms with Crippen LogP contribution in [-0.2, 0) is 23.4 Å². The molecular formula is C31H33ClN2O2S. The Bertz CT molecular complexity index is 1290.